The summed E-state index contributed by atoms with van der Waals surface area (Å²) in [5.74, 6) is 0.722. The van der Waals surface area contributed by atoms with Crippen molar-refractivity contribution < 1.29 is 9.90 Å². The van der Waals surface area contributed by atoms with Gasteiger partial charge in [-0.3, -0.25) is 0 Å². The molecule has 3 rings (SSSR count). The molecule has 1 atom stereocenters. The largest absolute Gasteiger partial charge is 0.480 e. The van der Waals surface area contributed by atoms with Gasteiger partial charge in [0.05, 0.1) is 0 Å². The Bertz CT molecular complexity index is 461. The molecule has 1 aliphatic carbocycles. The summed E-state index contributed by atoms with van der Waals surface area (Å²) < 4.78 is 0. The van der Waals surface area contributed by atoms with Gasteiger partial charge >= 0.3 is 5.97 Å². The van der Waals surface area contributed by atoms with E-state index in [1.807, 2.05) is 11.0 Å². The molecule has 6 nitrogen and oxygen atoms in total. The second-order valence-electron chi connectivity index (χ2n) is 4.87. The van der Waals surface area contributed by atoms with Gasteiger partial charge in [0, 0.05) is 18.7 Å². The van der Waals surface area contributed by atoms with Crippen LogP contribution in [0, 0.1) is 0 Å². The number of rotatable bonds is 4. The van der Waals surface area contributed by atoms with Gasteiger partial charge in [-0.1, -0.05) is 0 Å². The Morgan fingerprint density at radius 2 is 2.22 bits per heavy atom. The Labute approximate surface area is 105 Å². The molecular formula is C12H16N4O2. The van der Waals surface area contributed by atoms with Crippen LogP contribution in [0.3, 0.4) is 0 Å². The number of hydrogen-bond donors (Lipinski definition) is 2. The average molecular weight is 248 g/mol. The summed E-state index contributed by atoms with van der Waals surface area (Å²) in [6.45, 7) is 0.747. The molecule has 1 aromatic rings. The molecule has 2 fully saturated rings. The average Bonchev–Trinajstić information content (AvgIpc) is 3.03. The summed E-state index contributed by atoms with van der Waals surface area (Å²) >= 11 is 0. The van der Waals surface area contributed by atoms with E-state index >= 15 is 0 Å². The number of hydrogen-bond acceptors (Lipinski definition) is 5. The number of carboxylic acids is 1. The van der Waals surface area contributed by atoms with Gasteiger partial charge in [-0.15, -0.1) is 0 Å². The van der Waals surface area contributed by atoms with Gasteiger partial charge < -0.3 is 15.3 Å². The van der Waals surface area contributed by atoms with Crippen LogP contribution >= 0.6 is 0 Å². The molecule has 0 spiro atoms. The first-order chi connectivity index (χ1) is 8.74. The smallest absolute Gasteiger partial charge is 0.326 e. The third kappa shape index (κ3) is 2.23. The minimum absolute atomic E-state index is 0.450. The summed E-state index contributed by atoms with van der Waals surface area (Å²) in [5.41, 5.74) is 0. The predicted octanol–water partition coefficient (Wildman–Crippen LogP) is 1.10. The second-order valence-corrected chi connectivity index (χ2v) is 4.87. The van der Waals surface area contributed by atoms with Crippen LogP contribution in [0.1, 0.15) is 25.7 Å². The zero-order valence-corrected chi connectivity index (χ0v) is 10.0. The molecule has 2 N–H and O–H groups in total. The standard InChI is InChI=1S/C12H16N4O2/c17-12(18)9-2-1-5-16(9)11-6-10(13-7-14-11)15-8-3-4-8/h6-9H,1-5H2,(H,17,18)(H,13,14,15). The van der Waals surface area contributed by atoms with Crippen LogP contribution in [0.5, 0.6) is 0 Å². The Balaban J connectivity index is 1.79. The molecule has 1 saturated heterocycles. The summed E-state index contributed by atoms with van der Waals surface area (Å²) in [4.78, 5) is 21.4. The number of nitrogens with zero attached hydrogens (tertiary/aromatic N) is 3. The van der Waals surface area contributed by atoms with Crippen molar-refractivity contribution in [3.05, 3.63) is 12.4 Å². The summed E-state index contributed by atoms with van der Waals surface area (Å²) in [5, 5.41) is 12.5. The highest BCUT2D eigenvalue weighted by molar-refractivity contribution is 5.78. The number of carbonyl (C=O) groups is 1. The molecule has 2 heterocycles. The lowest BCUT2D eigenvalue weighted by molar-refractivity contribution is -0.138. The number of carboxylic acid groups (broad SMARTS) is 1. The first-order valence-corrected chi connectivity index (χ1v) is 6.32. The monoisotopic (exact) mass is 248 g/mol. The molecule has 0 bridgehead atoms. The SMILES string of the molecule is O=C(O)C1CCCN1c1cc(NC2CC2)ncn1. The lowest BCUT2D eigenvalue weighted by atomic mass is 10.2. The van der Waals surface area contributed by atoms with Crippen LogP contribution in [0.4, 0.5) is 11.6 Å². The highest BCUT2D eigenvalue weighted by atomic mass is 16.4. The van der Waals surface area contributed by atoms with Crippen LogP contribution in [0.2, 0.25) is 0 Å². The fourth-order valence-corrected chi connectivity index (χ4v) is 2.32. The van der Waals surface area contributed by atoms with Crippen molar-refractivity contribution in [1.29, 1.82) is 0 Å². The second kappa shape index (κ2) is 4.44. The van der Waals surface area contributed by atoms with Crippen molar-refractivity contribution in [2.75, 3.05) is 16.8 Å². The molecule has 2 aliphatic rings. The molecular weight excluding hydrogens is 232 g/mol. The highest BCUT2D eigenvalue weighted by Gasteiger charge is 2.31. The van der Waals surface area contributed by atoms with E-state index < -0.39 is 12.0 Å². The zero-order chi connectivity index (χ0) is 12.5. The molecule has 1 unspecified atom stereocenters. The molecule has 1 aromatic heterocycles. The maximum atomic E-state index is 11.2. The molecule has 1 saturated carbocycles. The van der Waals surface area contributed by atoms with Crippen LogP contribution in [-0.2, 0) is 4.79 Å². The number of aromatic nitrogens is 2. The van der Waals surface area contributed by atoms with Gasteiger partial charge in [-0.05, 0) is 25.7 Å². The Morgan fingerprint density at radius 3 is 2.94 bits per heavy atom. The zero-order valence-electron chi connectivity index (χ0n) is 10.0. The molecule has 18 heavy (non-hydrogen) atoms. The van der Waals surface area contributed by atoms with Crippen LogP contribution < -0.4 is 10.2 Å². The predicted molar refractivity (Wildman–Crippen MR) is 66.7 cm³/mol. The van der Waals surface area contributed by atoms with Crippen molar-refractivity contribution in [3.63, 3.8) is 0 Å². The van der Waals surface area contributed by atoms with E-state index in [1.165, 1.54) is 19.2 Å². The lowest BCUT2D eigenvalue weighted by Gasteiger charge is -2.22. The number of aliphatic carboxylic acids is 1. The molecule has 6 heteroatoms. The highest BCUT2D eigenvalue weighted by Crippen LogP contribution is 2.27. The van der Waals surface area contributed by atoms with E-state index in [0.717, 1.165) is 18.8 Å². The van der Waals surface area contributed by atoms with Gasteiger partial charge in [0.2, 0.25) is 0 Å². The van der Waals surface area contributed by atoms with Crippen molar-refractivity contribution in [3.8, 4) is 0 Å². The summed E-state index contributed by atoms with van der Waals surface area (Å²) in [7, 11) is 0. The van der Waals surface area contributed by atoms with Gasteiger partial charge in [0.15, 0.2) is 0 Å². The minimum Gasteiger partial charge on any atom is -0.480 e. The van der Waals surface area contributed by atoms with E-state index in [-0.39, 0.29) is 0 Å². The Morgan fingerprint density at radius 1 is 1.39 bits per heavy atom. The molecule has 0 aromatic carbocycles. The van der Waals surface area contributed by atoms with Crippen molar-refractivity contribution in [2.24, 2.45) is 0 Å². The van der Waals surface area contributed by atoms with Gasteiger partial charge in [0.1, 0.15) is 24.0 Å². The lowest BCUT2D eigenvalue weighted by Crippen LogP contribution is -2.36. The Hall–Kier alpha value is -1.85. The maximum Gasteiger partial charge on any atom is 0.326 e. The topological polar surface area (TPSA) is 78.4 Å². The third-order valence-electron chi connectivity index (χ3n) is 3.41. The normalized spacial score (nSPS) is 23.1. The van der Waals surface area contributed by atoms with Gasteiger partial charge in [-0.25, -0.2) is 14.8 Å². The van der Waals surface area contributed by atoms with Crippen molar-refractivity contribution >= 4 is 17.6 Å². The Kier molecular flexibility index (Phi) is 2.77. The molecule has 0 radical (unpaired) electrons. The van der Waals surface area contributed by atoms with E-state index in [1.54, 1.807) is 0 Å². The van der Waals surface area contributed by atoms with Gasteiger partial charge in [0.25, 0.3) is 0 Å². The summed E-state index contributed by atoms with van der Waals surface area (Å²) in [6.07, 6.45) is 5.44. The van der Waals surface area contributed by atoms with E-state index in [2.05, 4.69) is 15.3 Å². The van der Waals surface area contributed by atoms with Gasteiger partial charge in [-0.2, -0.15) is 0 Å². The fourth-order valence-electron chi connectivity index (χ4n) is 2.32. The minimum atomic E-state index is -0.775. The van der Waals surface area contributed by atoms with E-state index in [4.69, 9.17) is 5.11 Å². The molecule has 1 aliphatic heterocycles. The van der Waals surface area contributed by atoms with E-state index in [9.17, 15) is 4.79 Å². The van der Waals surface area contributed by atoms with Crippen molar-refractivity contribution in [1.82, 2.24) is 9.97 Å². The molecule has 0 amide bonds. The third-order valence-corrected chi connectivity index (χ3v) is 3.41. The first-order valence-electron chi connectivity index (χ1n) is 6.32. The maximum absolute atomic E-state index is 11.2. The van der Waals surface area contributed by atoms with Crippen LogP contribution in [0.15, 0.2) is 12.4 Å². The fraction of sp³-hybridized carbons (Fsp3) is 0.583. The quantitative estimate of drug-likeness (QED) is 0.831. The van der Waals surface area contributed by atoms with Crippen LogP contribution in [0.25, 0.3) is 0 Å². The van der Waals surface area contributed by atoms with E-state index in [0.29, 0.717) is 18.3 Å². The number of nitrogens with one attached hydrogen (secondary N) is 1. The molecule has 96 valence electrons. The van der Waals surface area contributed by atoms with Crippen LogP contribution in [-0.4, -0.2) is 39.7 Å². The number of anilines is 2. The van der Waals surface area contributed by atoms with Crippen molar-refractivity contribution in [2.45, 2.75) is 37.8 Å². The first kappa shape index (κ1) is 11.3. The summed E-state index contributed by atoms with van der Waals surface area (Å²) in [6, 6.07) is 1.93.